The van der Waals surface area contributed by atoms with Crippen LogP contribution in [0.3, 0.4) is 0 Å². The third-order valence-corrected chi connectivity index (χ3v) is 5.81. The number of hydrogen-bond donors (Lipinski definition) is 1. The molecule has 1 aliphatic carbocycles. The number of hydrogen-bond acceptors (Lipinski definition) is 4. The molecule has 1 N–H and O–H groups in total. The molecular weight excluding hydrogens is 364 g/mol. The van der Waals surface area contributed by atoms with Crippen LogP contribution < -0.4 is 0 Å². The van der Waals surface area contributed by atoms with E-state index in [4.69, 9.17) is 0 Å². The summed E-state index contributed by atoms with van der Waals surface area (Å²) in [5.41, 5.74) is 3.53. The smallest absolute Gasteiger partial charge is 0.253 e. The monoisotopic (exact) mass is 390 g/mol. The third-order valence-electron chi connectivity index (χ3n) is 5.81. The predicted octanol–water partition coefficient (Wildman–Crippen LogP) is 3.86. The van der Waals surface area contributed by atoms with Crippen LogP contribution in [0.1, 0.15) is 54.4 Å². The molecule has 0 bridgehead atoms. The van der Waals surface area contributed by atoms with Crippen molar-refractivity contribution in [3.05, 3.63) is 72.1 Å². The van der Waals surface area contributed by atoms with Crippen LogP contribution in [-0.4, -0.2) is 44.0 Å². The molecule has 0 radical (unpaired) electrons. The Balaban J connectivity index is 1.41. The molecule has 2 aromatic carbocycles. The minimum Gasteiger partial charge on any atom is -0.387 e. The van der Waals surface area contributed by atoms with E-state index in [-0.39, 0.29) is 18.0 Å². The van der Waals surface area contributed by atoms with Crippen molar-refractivity contribution in [3.63, 3.8) is 0 Å². The van der Waals surface area contributed by atoms with Gasteiger partial charge in [-0.1, -0.05) is 47.7 Å². The van der Waals surface area contributed by atoms with Gasteiger partial charge < -0.3 is 10.0 Å². The molecule has 1 saturated carbocycles. The normalized spacial score (nSPS) is 19.8. The minimum atomic E-state index is -0.621. The second kappa shape index (κ2) is 8.17. The number of aliphatic hydroxyl groups excluding tert-OH is 1. The third kappa shape index (κ3) is 4.07. The Morgan fingerprint density at radius 1 is 1.10 bits per heavy atom. The van der Waals surface area contributed by atoms with Crippen molar-refractivity contribution in [2.75, 3.05) is 7.05 Å². The number of aliphatic hydroxyl groups is 1. The summed E-state index contributed by atoms with van der Waals surface area (Å²) in [5.74, 6) is 0.0403. The number of carbonyl (C=O) groups excluding carboxylic acids is 1. The van der Waals surface area contributed by atoms with Crippen LogP contribution in [0.15, 0.2) is 60.8 Å². The first-order valence-corrected chi connectivity index (χ1v) is 10.1. The van der Waals surface area contributed by atoms with Crippen molar-refractivity contribution in [1.29, 1.82) is 0 Å². The van der Waals surface area contributed by atoms with Gasteiger partial charge in [0.25, 0.3) is 5.91 Å². The summed E-state index contributed by atoms with van der Waals surface area (Å²) in [5, 5.41) is 17.8. The zero-order valence-electron chi connectivity index (χ0n) is 16.8. The summed E-state index contributed by atoms with van der Waals surface area (Å²) < 4.78 is 1.83. The first-order chi connectivity index (χ1) is 14.0. The standard InChI is InChI=1S/C23H26N4O2/c1-16(28)22-15-27(25-24-22)21-13-12-20(14-21)26(2)23(29)19-10-8-18(9-11-19)17-6-4-3-5-7-17/h3-11,15-16,20-21,28H,12-14H2,1-2H3/t16-,20?,21?/m0/s1. The van der Waals surface area contributed by atoms with Gasteiger partial charge in [-0.05, 0) is 49.4 Å². The van der Waals surface area contributed by atoms with Crippen molar-refractivity contribution >= 4 is 5.91 Å². The van der Waals surface area contributed by atoms with E-state index in [1.165, 1.54) is 0 Å². The molecule has 1 heterocycles. The first-order valence-electron chi connectivity index (χ1n) is 10.1. The van der Waals surface area contributed by atoms with Crippen LogP contribution in [0, 0.1) is 0 Å². The van der Waals surface area contributed by atoms with E-state index in [0.717, 1.165) is 30.4 Å². The van der Waals surface area contributed by atoms with E-state index in [1.807, 2.05) is 65.3 Å². The Morgan fingerprint density at radius 3 is 2.45 bits per heavy atom. The summed E-state index contributed by atoms with van der Waals surface area (Å²) >= 11 is 0. The van der Waals surface area contributed by atoms with Crippen LogP contribution in [0.25, 0.3) is 11.1 Å². The molecule has 0 spiro atoms. The zero-order valence-corrected chi connectivity index (χ0v) is 16.8. The molecular formula is C23H26N4O2. The highest BCUT2D eigenvalue weighted by molar-refractivity contribution is 5.94. The fraction of sp³-hybridized carbons (Fsp3) is 0.348. The van der Waals surface area contributed by atoms with Gasteiger partial charge in [-0.3, -0.25) is 4.79 Å². The van der Waals surface area contributed by atoms with Crippen molar-refractivity contribution in [2.45, 2.75) is 44.4 Å². The molecule has 1 fully saturated rings. The average Bonchev–Trinajstić information content (AvgIpc) is 3.43. The molecule has 1 aliphatic rings. The van der Waals surface area contributed by atoms with Crippen LogP contribution in [0.5, 0.6) is 0 Å². The Bertz CT molecular complexity index is 966. The second-order valence-corrected chi connectivity index (χ2v) is 7.78. The number of nitrogens with zero attached hydrogens (tertiary/aromatic N) is 4. The molecule has 2 unspecified atom stereocenters. The van der Waals surface area contributed by atoms with Crippen LogP contribution >= 0.6 is 0 Å². The first kappa shape index (κ1) is 19.3. The highest BCUT2D eigenvalue weighted by Crippen LogP contribution is 2.33. The largest absolute Gasteiger partial charge is 0.387 e. The molecule has 6 heteroatoms. The SMILES string of the molecule is C[C@H](O)c1cn(C2CCC(N(C)C(=O)c3ccc(-c4ccccc4)cc3)C2)nn1. The van der Waals surface area contributed by atoms with Gasteiger partial charge in [0.15, 0.2) is 0 Å². The predicted molar refractivity (Wildman–Crippen MR) is 111 cm³/mol. The van der Waals surface area contributed by atoms with Crippen molar-refractivity contribution in [1.82, 2.24) is 19.9 Å². The van der Waals surface area contributed by atoms with E-state index < -0.39 is 6.10 Å². The molecule has 3 aromatic rings. The van der Waals surface area contributed by atoms with E-state index in [9.17, 15) is 9.90 Å². The minimum absolute atomic E-state index is 0.0403. The van der Waals surface area contributed by atoms with Gasteiger partial charge in [0.1, 0.15) is 5.69 Å². The summed E-state index contributed by atoms with van der Waals surface area (Å²) in [7, 11) is 1.88. The van der Waals surface area contributed by atoms with Crippen molar-refractivity contribution in [3.8, 4) is 11.1 Å². The highest BCUT2D eigenvalue weighted by Gasteiger charge is 2.32. The number of benzene rings is 2. The van der Waals surface area contributed by atoms with E-state index in [1.54, 1.807) is 6.92 Å². The van der Waals surface area contributed by atoms with E-state index >= 15 is 0 Å². The second-order valence-electron chi connectivity index (χ2n) is 7.78. The molecule has 150 valence electrons. The maximum absolute atomic E-state index is 13.0. The summed E-state index contributed by atoms with van der Waals surface area (Å²) in [6.07, 6.45) is 3.90. The maximum Gasteiger partial charge on any atom is 0.253 e. The van der Waals surface area contributed by atoms with Crippen LogP contribution in [-0.2, 0) is 0 Å². The zero-order chi connectivity index (χ0) is 20.4. The Labute approximate surface area is 170 Å². The Morgan fingerprint density at radius 2 is 1.79 bits per heavy atom. The fourth-order valence-corrected chi connectivity index (χ4v) is 3.99. The lowest BCUT2D eigenvalue weighted by Gasteiger charge is -2.25. The lowest BCUT2D eigenvalue weighted by molar-refractivity contribution is 0.0732. The fourth-order valence-electron chi connectivity index (χ4n) is 3.99. The van der Waals surface area contributed by atoms with Crippen LogP contribution in [0.2, 0.25) is 0 Å². The molecule has 6 nitrogen and oxygen atoms in total. The van der Waals surface area contributed by atoms with Gasteiger partial charge in [0, 0.05) is 18.7 Å². The molecule has 29 heavy (non-hydrogen) atoms. The molecule has 0 saturated heterocycles. The number of aromatic nitrogens is 3. The molecule has 0 aliphatic heterocycles. The Hall–Kier alpha value is -2.99. The maximum atomic E-state index is 13.0. The Kier molecular flexibility index (Phi) is 5.45. The number of amides is 1. The lowest BCUT2D eigenvalue weighted by Crippen LogP contribution is -2.35. The quantitative estimate of drug-likeness (QED) is 0.718. The van der Waals surface area contributed by atoms with E-state index in [0.29, 0.717) is 11.3 Å². The molecule has 1 aromatic heterocycles. The average molecular weight is 390 g/mol. The van der Waals surface area contributed by atoms with Gasteiger partial charge in [-0.2, -0.15) is 0 Å². The summed E-state index contributed by atoms with van der Waals surface area (Å²) in [6, 6.07) is 18.3. The number of carbonyl (C=O) groups is 1. The van der Waals surface area contributed by atoms with Gasteiger partial charge >= 0.3 is 0 Å². The summed E-state index contributed by atoms with van der Waals surface area (Å²) in [6.45, 7) is 1.68. The van der Waals surface area contributed by atoms with Gasteiger partial charge in [-0.15, -0.1) is 5.10 Å². The lowest BCUT2D eigenvalue weighted by atomic mass is 10.0. The topological polar surface area (TPSA) is 71.2 Å². The van der Waals surface area contributed by atoms with Crippen molar-refractivity contribution < 1.29 is 9.90 Å². The van der Waals surface area contributed by atoms with E-state index in [2.05, 4.69) is 22.4 Å². The molecule has 1 amide bonds. The number of rotatable bonds is 5. The van der Waals surface area contributed by atoms with Gasteiger partial charge in [-0.25, -0.2) is 4.68 Å². The molecule has 4 rings (SSSR count). The van der Waals surface area contributed by atoms with Crippen molar-refractivity contribution in [2.24, 2.45) is 0 Å². The van der Waals surface area contributed by atoms with Gasteiger partial charge in [0.2, 0.25) is 0 Å². The van der Waals surface area contributed by atoms with Gasteiger partial charge in [0.05, 0.1) is 18.3 Å². The summed E-state index contributed by atoms with van der Waals surface area (Å²) in [4.78, 5) is 14.8. The highest BCUT2D eigenvalue weighted by atomic mass is 16.3. The van der Waals surface area contributed by atoms with Crippen LogP contribution in [0.4, 0.5) is 0 Å². The molecule has 3 atom stereocenters.